The Kier molecular flexibility index (Phi) is 4.54. The maximum atomic E-state index is 11.9. The van der Waals surface area contributed by atoms with Gasteiger partial charge in [-0.25, -0.2) is 26.1 Å². The van der Waals surface area contributed by atoms with Crippen LogP contribution in [0, 0.1) is 0 Å². The van der Waals surface area contributed by atoms with Gasteiger partial charge in [0.2, 0.25) is 10.0 Å². The molecule has 0 aliphatic carbocycles. The van der Waals surface area contributed by atoms with E-state index in [-0.39, 0.29) is 22.4 Å². The average molecular weight is 333 g/mol. The summed E-state index contributed by atoms with van der Waals surface area (Å²) in [6.07, 6.45) is 2.67. The van der Waals surface area contributed by atoms with Gasteiger partial charge < -0.3 is 5.32 Å². The monoisotopic (exact) mass is 333 g/mol. The largest absolute Gasteiger partial charge is 0.366 e. The molecule has 1 unspecified atom stereocenters. The lowest BCUT2D eigenvalue weighted by molar-refractivity contribution is 0.520. The van der Waals surface area contributed by atoms with Gasteiger partial charge in [-0.05, 0) is 25.0 Å². The Bertz CT molecular complexity index is 697. The molecule has 1 fully saturated rings. The van der Waals surface area contributed by atoms with Crippen molar-refractivity contribution in [2.24, 2.45) is 0 Å². The highest BCUT2D eigenvalue weighted by atomic mass is 32.2. The van der Waals surface area contributed by atoms with Crippen LogP contribution in [0.4, 0.5) is 5.82 Å². The van der Waals surface area contributed by atoms with Crippen LogP contribution in [0.1, 0.15) is 12.8 Å². The molecule has 2 heterocycles. The normalized spacial score (nSPS) is 22.1. The highest BCUT2D eigenvalue weighted by Gasteiger charge is 2.25. The van der Waals surface area contributed by atoms with E-state index in [1.165, 1.54) is 26.4 Å². The molecule has 1 N–H and O–H groups in total. The Morgan fingerprint density at radius 2 is 2.05 bits per heavy atom. The van der Waals surface area contributed by atoms with Crippen molar-refractivity contribution in [1.29, 1.82) is 0 Å². The van der Waals surface area contributed by atoms with E-state index in [4.69, 9.17) is 0 Å². The van der Waals surface area contributed by atoms with Crippen LogP contribution < -0.4 is 5.32 Å². The van der Waals surface area contributed by atoms with Crippen LogP contribution in [-0.4, -0.2) is 57.8 Å². The molecule has 0 aromatic carbocycles. The maximum Gasteiger partial charge on any atom is 0.244 e. The third-order valence-corrected chi connectivity index (χ3v) is 6.95. The number of nitrogens with one attached hydrogen (secondary N) is 1. The third kappa shape index (κ3) is 3.92. The number of sulfone groups is 1. The van der Waals surface area contributed by atoms with E-state index in [2.05, 4.69) is 10.3 Å². The van der Waals surface area contributed by atoms with Gasteiger partial charge in [0.05, 0.1) is 11.5 Å². The zero-order chi connectivity index (χ0) is 15.7. The number of hydrogen-bond acceptors (Lipinski definition) is 6. The van der Waals surface area contributed by atoms with Gasteiger partial charge in [-0.1, -0.05) is 0 Å². The third-order valence-electron chi connectivity index (χ3n) is 3.33. The second-order valence-electron chi connectivity index (χ2n) is 5.26. The lowest BCUT2D eigenvalue weighted by Crippen LogP contribution is -2.35. The summed E-state index contributed by atoms with van der Waals surface area (Å²) in [5.41, 5.74) is 0. The summed E-state index contributed by atoms with van der Waals surface area (Å²) >= 11 is 0. The zero-order valence-corrected chi connectivity index (χ0v) is 13.6. The number of aromatic nitrogens is 1. The van der Waals surface area contributed by atoms with Gasteiger partial charge in [-0.2, -0.15) is 0 Å². The molecule has 1 aliphatic rings. The van der Waals surface area contributed by atoms with E-state index in [0.717, 1.165) is 10.7 Å². The summed E-state index contributed by atoms with van der Waals surface area (Å²) in [6.45, 7) is 0. The van der Waals surface area contributed by atoms with E-state index >= 15 is 0 Å². The van der Waals surface area contributed by atoms with Crippen molar-refractivity contribution in [3.63, 3.8) is 0 Å². The lowest BCUT2D eigenvalue weighted by Gasteiger charge is -2.23. The first kappa shape index (κ1) is 16.2. The molecule has 21 heavy (non-hydrogen) atoms. The summed E-state index contributed by atoms with van der Waals surface area (Å²) in [5, 5.41) is 3.05. The highest BCUT2D eigenvalue weighted by Crippen LogP contribution is 2.18. The zero-order valence-electron chi connectivity index (χ0n) is 12.0. The van der Waals surface area contributed by atoms with Crippen LogP contribution in [-0.2, 0) is 19.9 Å². The van der Waals surface area contributed by atoms with Crippen LogP contribution in [0.3, 0.4) is 0 Å². The Labute approximate surface area is 125 Å². The molecule has 0 saturated carbocycles. The molecule has 7 nitrogen and oxygen atoms in total. The quantitative estimate of drug-likeness (QED) is 0.852. The molecule has 118 valence electrons. The smallest absolute Gasteiger partial charge is 0.244 e. The molecule has 9 heteroatoms. The van der Waals surface area contributed by atoms with Gasteiger partial charge in [-0.3, -0.25) is 0 Å². The molecule has 2 rings (SSSR count). The van der Waals surface area contributed by atoms with E-state index < -0.39 is 19.9 Å². The Morgan fingerprint density at radius 3 is 2.57 bits per heavy atom. The van der Waals surface area contributed by atoms with Crippen LogP contribution in [0.25, 0.3) is 0 Å². The first-order valence-electron chi connectivity index (χ1n) is 6.56. The van der Waals surface area contributed by atoms with Gasteiger partial charge in [-0.15, -0.1) is 0 Å². The fourth-order valence-electron chi connectivity index (χ4n) is 2.17. The topological polar surface area (TPSA) is 96.4 Å². The molecule has 1 aromatic heterocycles. The number of rotatable bonds is 4. The molecular weight excluding hydrogens is 314 g/mol. The first-order chi connectivity index (χ1) is 9.71. The molecule has 0 bridgehead atoms. The lowest BCUT2D eigenvalue weighted by atomic mass is 10.2. The maximum absolute atomic E-state index is 11.9. The molecular formula is C12H19N3O4S2. The van der Waals surface area contributed by atoms with Crippen molar-refractivity contribution in [2.45, 2.75) is 23.8 Å². The summed E-state index contributed by atoms with van der Waals surface area (Å²) in [7, 11) is -3.58. The van der Waals surface area contributed by atoms with Crippen LogP contribution in [0.2, 0.25) is 0 Å². The van der Waals surface area contributed by atoms with Crippen LogP contribution in [0.5, 0.6) is 0 Å². The van der Waals surface area contributed by atoms with Crippen molar-refractivity contribution in [2.75, 3.05) is 30.9 Å². The fourth-order valence-corrected chi connectivity index (χ4v) is 4.66. The number of hydrogen-bond donors (Lipinski definition) is 1. The molecule has 1 saturated heterocycles. The minimum Gasteiger partial charge on any atom is -0.366 e. The Balaban J connectivity index is 2.10. The second kappa shape index (κ2) is 5.90. The SMILES string of the molecule is CN(C)S(=O)(=O)c1ccc(NC2CCCS(=O)(=O)C2)nc1. The number of nitrogens with zero attached hydrogens (tertiary/aromatic N) is 2. The van der Waals surface area contributed by atoms with Gasteiger partial charge in [0.1, 0.15) is 10.7 Å². The summed E-state index contributed by atoms with van der Waals surface area (Å²) in [4.78, 5) is 4.16. The van der Waals surface area contributed by atoms with Gasteiger partial charge in [0.25, 0.3) is 0 Å². The van der Waals surface area contributed by atoms with E-state index in [1.54, 1.807) is 6.07 Å². The Morgan fingerprint density at radius 1 is 1.33 bits per heavy atom. The van der Waals surface area contributed by atoms with Gasteiger partial charge >= 0.3 is 0 Å². The first-order valence-corrected chi connectivity index (χ1v) is 9.82. The van der Waals surface area contributed by atoms with Crippen molar-refractivity contribution >= 4 is 25.7 Å². The number of anilines is 1. The predicted molar refractivity (Wildman–Crippen MR) is 80.4 cm³/mol. The predicted octanol–water partition coefficient (Wildman–Crippen LogP) is 0.321. The fraction of sp³-hybridized carbons (Fsp3) is 0.583. The average Bonchev–Trinajstić information content (AvgIpc) is 2.38. The minimum absolute atomic E-state index is 0.0897. The summed E-state index contributed by atoms with van der Waals surface area (Å²) in [6, 6.07) is 2.84. The molecule has 1 aliphatic heterocycles. The molecule has 0 amide bonds. The van der Waals surface area contributed by atoms with Crippen LogP contribution in [0.15, 0.2) is 23.2 Å². The summed E-state index contributed by atoms with van der Waals surface area (Å²) in [5.74, 6) is 0.806. The van der Waals surface area contributed by atoms with Crippen molar-refractivity contribution < 1.29 is 16.8 Å². The standard InChI is InChI=1S/C12H19N3O4S2/c1-15(2)21(18,19)11-5-6-12(13-8-11)14-10-4-3-7-20(16,17)9-10/h5-6,8,10H,3-4,7,9H2,1-2H3,(H,13,14). The second-order valence-corrected chi connectivity index (χ2v) is 9.64. The Hall–Kier alpha value is -1.19. The molecule has 1 atom stereocenters. The van der Waals surface area contributed by atoms with E-state index in [9.17, 15) is 16.8 Å². The molecule has 0 radical (unpaired) electrons. The van der Waals surface area contributed by atoms with Gasteiger partial charge in [0.15, 0.2) is 9.84 Å². The minimum atomic E-state index is -3.50. The highest BCUT2D eigenvalue weighted by molar-refractivity contribution is 7.91. The number of pyridine rings is 1. The van der Waals surface area contributed by atoms with Crippen molar-refractivity contribution in [3.8, 4) is 0 Å². The van der Waals surface area contributed by atoms with E-state index in [1.807, 2.05) is 0 Å². The molecule has 0 spiro atoms. The van der Waals surface area contributed by atoms with Crippen molar-refractivity contribution in [1.82, 2.24) is 9.29 Å². The van der Waals surface area contributed by atoms with Gasteiger partial charge in [0, 0.05) is 26.3 Å². The molecule has 1 aromatic rings. The van der Waals surface area contributed by atoms with E-state index in [0.29, 0.717) is 12.2 Å². The number of sulfonamides is 1. The summed E-state index contributed by atoms with van der Waals surface area (Å²) < 4.78 is 48.1. The van der Waals surface area contributed by atoms with Crippen LogP contribution >= 0.6 is 0 Å². The van der Waals surface area contributed by atoms with Crippen molar-refractivity contribution in [3.05, 3.63) is 18.3 Å².